The van der Waals surface area contributed by atoms with Crippen LogP contribution in [0.2, 0.25) is 0 Å². The number of aromatic nitrogens is 1. The Hall–Kier alpha value is -0.960. The van der Waals surface area contributed by atoms with Crippen molar-refractivity contribution in [2.75, 3.05) is 7.11 Å². The maximum atomic E-state index is 10.4. The van der Waals surface area contributed by atoms with E-state index in [-0.39, 0.29) is 12.4 Å². The summed E-state index contributed by atoms with van der Waals surface area (Å²) in [4.78, 5) is 0. The summed E-state index contributed by atoms with van der Waals surface area (Å²) in [6, 6.07) is 3.21. The molecule has 0 saturated heterocycles. The van der Waals surface area contributed by atoms with E-state index in [1.54, 1.807) is 19.2 Å². The third-order valence-corrected chi connectivity index (χ3v) is 1.01. The van der Waals surface area contributed by atoms with Crippen LogP contribution in [0.4, 0.5) is 0 Å². The summed E-state index contributed by atoms with van der Waals surface area (Å²) in [5, 5.41) is 10.4. The minimum Gasteiger partial charge on any atom is -0.619 e. The van der Waals surface area contributed by atoms with Crippen LogP contribution in [0, 0.1) is 5.21 Å². The lowest BCUT2D eigenvalue weighted by atomic mass is 10.5. The van der Waals surface area contributed by atoms with E-state index >= 15 is 0 Å². The molecule has 1 rings (SSSR count). The number of ether oxygens (including phenoxy) is 1. The van der Waals surface area contributed by atoms with Crippen LogP contribution >= 0.6 is 12.4 Å². The number of nitrogens with zero attached hydrogens (tertiary/aromatic N) is 1. The van der Waals surface area contributed by atoms with Gasteiger partial charge in [0.05, 0.1) is 7.11 Å². The fourth-order valence-corrected chi connectivity index (χ4v) is 0.535. The maximum absolute atomic E-state index is 10.4. The Morgan fingerprint density at radius 1 is 1.40 bits per heavy atom. The van der Waals surface area contributed by atoms with Crippen LogP contribution in [0.15, 0.2) is 24.5 Å². The highest BCUT2D eigenvalue weighted by Gasteiger charge is 1.89. The normalized spacial score (nSPS) is 8.10. The maximum Gasteiger partial charge on any atom is 0.184 e. The molecule has 0 aromatic carbocycles. The van der Waals surface area contributed by atoms with Gasteiger partial charge in [-0.3, -0.25) is 0 Å². The van der Waals surface area contributed by atoms with Crippen LogP contribution in [0.5, 0.6) is 5.75 Å². The number of rotatable bonds is 1. The molecule has 0 aliphatic heterocycles. The molecule has 0 spiro atoms. The Balaban J connectivity index is 0.000000810. The van der Waals surface area contributed by atoms with Gasteiger partial charge >= 0.3 is 0 Å². The molecule has 0 fully saturated rings. The molecule has 1 heterocycles. The predicted molar refractivity (Wildman–Crippen MR) is 39.2 cm³/mol. The second-order valence-electron chi connectivity index (χ2n) is 1.60. The largest absolute Gasteiger partial charge is 0.619 e. The monoisotopic (exact) mass is 161 g/mol. The number of hydrogen-bond donors (Lipinski definition) is 0. The number of halogens is 1. The Labute approximate surface area is 65.2 Å². The van der Waals surface area contributed by atoms with Crippen molar-refractivity contribution in [3.05, 3.63) is 29.7 Å². The van der Waals surface area contributed by atoms with Gasteiger partial charge < -0.3 is 9.94 Å². The molecule has 3 nitrogen and oxygen atoms in total. The van der Waals surface area contributed by atoms with Crippen LogP contribution in [-0.4, -0.2) is 7.11 Å². The van der Waals surface area contributed by atoms with Crippen molar-refractivity contribution in [2.45, 2.75) is 0 Å². The summed E-state index contributed by atoms with van der Waals surface area (Å²) in [7, 11) is 1.56. The van der Waals surface area contributed by atoms with Crippen molar-refractivity contribution >= 4 is 12.4 Å². The molecule has 0 amide bonds. The summed E-state index contributed by atoms with van der Waals surface area (Å²) in [5.41, 5.74) is 0. The van der Waals surface area contributed by atoms with Crippen LogP contribution in [0.1, 0.15) is 0 Å². The van der Waals surface area contributed by atoms with Crippen LogP contribution in [0.25, 0.3) is 0 Å². The zero-order valence-electron chi connectivity index (χ0n) is 5.48. The molecule has 0 saturated carbocycles. The van der Waals surface area contributed by atoms with Gasteiger partial charge in [-0.1, -0.05) is 0 Å². The Morgan fingerprint density at radius 3 is 2.30 bits per heavy atom. The standard InChI is InChI=1S/C6H7NO2.ClH/c1-9-6-2-4-7(8)5-3-6;/h2-5H,1H3;1H. The summed E-state index contributed by atoms with van der Waals surface area (Å²) in [5.74, 6) is 0.696. The molecule has 4 heteroatoms. The van der Waals surface area contributed by atoms with E-state index in [0.717, 1.165) is 0 Å². The zero-order valence-corrected chi connectivity index (χ0v) is 6.30. The van der Waals surface area contributed by atoms with Gasteiger partial charge in [0.25, 0.3) is 0 Å². The molecule has 1 aromatic heterocycles. The first-order chi connectivity index (χ1) is 4.33. The first kappa shape index (κ1) is 9.04. The Bertz CT molecular complexity index is 187. The molecular weight excluding hydrogens is 154 g/mol. The van der Waals surface area contributed by atoms with E-state index < -0.39 is 0 Å². The molecule has 0 bridgehead atoms. The SMILES string of the molecule is COc1cc[n+]([O-])cc1.Cl. The lowest BCUT2D eigenvalue weighted by molar-refractivity contribution is -0.605. The zero-order chi connectivity index (χ0) is 6.69. The van der Waals surface area contributed by atoms with E-state index in [4.69, 9.17) is 4.74 Å². The van der Waals surface area contributed by atoms with Crippen molar-refractivity contribution in [1.82, 2.24) is 0 Å². The highest BCUT2D eigenvalue weighted by Crippen LogP contribution is 2.02. The summed E-state index contributed by atoms with van der Waals surface area (Å²) in [6.07, 6.45) is 2.78. The van der Waals surface area contributed by atoms with Crippen molar-refractivity contribution in [3.8, 4) is 5.75 Å². The van der Waals surface area contributed by atoms with Crippen molar-refractivity contribution in [1.29, 1.82) is 0 Å². The number of pyridine rings is 1. The van der Waals surface area contributed by atoms with E-state index in [2.05, 4.69) is 0 Å². The number of methoxy groups -OCH3 is 1. The molecule has 0 aliphatic rings. The fourth-order valence-electron chi connectivity index (χ4n) is 0.535. The van der Waals surface area contributed by atoms with E-state index in [0.29, 0.717) is 10.5 Å². The first-order valence-corrected chi connectivity index (χ1v) is 2.56. The van der Waals surface area contributed by atoms with Gasteiger partial charge in [0.15, 0.2) is 12.4 Å². The predicted octanol–water partition coefficient (Wildman–Crippen LogP) is 0.750. The average Bonchev–Trinajstić information content (AvgIpc) is 1.90. The van der Waals surface area contributed by atoms with E-state index in [1.807, 2.05) is 0 Å². The molecular formula is C6H8ClNO2. The minimum absolute atomic E-state index is 0. The topological polar surface area (TPSA) is 36.2 Å². The van der Waals surface area contributed by atoms with Crippen LogP contribution < -0.4 is 9.47 Å². The molecule has 0 aliphatic carbocycles. The molecule has 0 N–H and O–H groups in total. The van der Waals surface area contributed by atoms with Crippen molar-refractivity contribution in [3.63, 3.8) is 0 Å². The second kappa shape index (κ2) is 3.95. The van der Waals surface area contributed by atoms with E-state index in [1.165, 1.54) is 12.4 Å². The highest BCUT2D eigenvalue weighted by molar-refractivity contribution is 5.85. The van der Waals surface area contributed by atoms with E-state index in [9.17, 15) is 5.21 Å². The molecule has 10 heavy (non-hydrogen) atoms. The van der Waals surface area contributed by atoms with Gasteiger partial charge in [0.2, 0.25) is 0 Å². The first-order valence-electron chi connectivity index (χ1n) is 2.56. The fraction of sp³-hybridized carbons (Fsp3) is 0.167. The third kappa shape index (κ3) is 2.11. The Kier molecular flexibility index (Phi) is 3.57. The van der Waals surface area contributed by atoms with Crippen LogP contribution in [-0.2, 0) is 0 Å². The summed E-state index contributed by atoms with van der Waals surface area (Å²) in [6.45, 7) is 0. The lowest BCUT2D eigenvalue weighted by Crippen LogP contribution is -2.23. The quantitative estimate of drug-likeness (QED) is 0.450. The highest BCUT2D eigenvalue weighted by atomic mass is 35.5. The van der Waals surface area contributed by atoms with Gasteiger partial charge in [-0.15, -0.1) is 12.4 Å². The van der Waals surface area contributed by atoms with Crippen molar-refractivity contribution < 1.29 is 9.47 Å². The smallest absolute Gasteiger partial charge is 0.184 e. The minimum atomic E-state index is 0. The average molecular weight is 162 g/mol. The summed E-state index contributed by atoms with van der Waals surface area (Å²) < 4.78 is 5.53. The molecule has 56 valence electrons. The van der Waals surface area contributed by atoms with Gasteiger partial charge in [0, 0.05) is 12.1 Å². The number of hydrogen-bond acceptors (Lipinski definition) is 2. The molecule has 0 atom stereocenters. The molecule has 1 aromatic rings. The summed E-state index contributed by atoms with van der Waals surface area (Å²) >= 11 is 0. The Morgan fingerprint density at radius 2 is 1.90 bits per heavy atom. The second-order valence-corrected chi connectivity index (χ2v) is 1.60. The lowest BCUT2D eigenvalue weighted by Gasteiger charge is -1.96. The van der Waals surface area contributed by atoms with Crippen molar-refractivity contribution in [2.24, 2.45) is 0 Å². The van der Waals surface area contributed by atoms with Gasteiger partial charge in [-0.2, -0.15) is 4.73 Å². The molecule has 0 unspecified atom stereocenters. The van der Waals surface area contributed by atoms with Gasteiger partial charge in [-0.25, -0.2) is 0 Å². The van der Waals surface area contributed by atoms with Gasteiger partial charge in [-0.05, 0) is 0 Å². The molecule has 0 radical (unpaired) electrons. The van der Waals surface area contributed by atoms with Crippen LogP contribution in [0.3, 0.4) is 0 Å². The third-order valence-electron chi connectivity index (χ3n) is 1.01. The van der Waals surface area contributed by atoms with Gasteiger partial charge in [0.1, 0.15) is 5.75 Å².